The molecule has 0 fully saturated rings. The predicted molar refractivity (Wildman–Crippen MR) is 70.9 cm³/mol. The molecular formula is C13H21N3O2. The van der Waals surface area contributed by atoms with Gasteiger partial charge in [0.2, 0.25) is 0 Å². The molecule has 0 aliphatic carbocycles. The molecular weight excluding hydrogens is 230 g/mol. The number of aromatic carboxylic acids is 1. The van der Waals surface area contributed by atoms with Crippen LogP contribution in [0.3, 0.4) is 0 Å². The lowest BCUT2D eigenvalue weighted by Gasteiger charge is -2.27. The summed E-state index contributed by atoms with van der Waals surface area (Å²) in [5.41, 5.74) is 0.214. The van der Waals surface area contributed by atoms with E-state index >= 15 is 0 Å². The van der Waals surface area contributed by atoms with E-state index in [1.165, 1.54) is 12.3 Å². The molecule has 0 unspecified atom stereocenters. The largest absolute Gasteiger partial charge is 0.478 e. The van der Waals surface area contributed by atoms with Crippen LogP contribution in [0.25, 0.3) is 0 Å². The van der Waals surface area contributed by atoms with Crippen LogP contribution in [-0.2, 0) is 0 Å². The lowest BCUT2D eigenvalue weighted by Crippen LogP contribution is -2.33. The zero-order valence-electron chi connectivity index (χ0n) is 11.4. The first kappa shape index (κ1) is 14.4. The molecule has 0 saturated heterocycles. The fourth-order valence-electron chi connectivity index (χ4n) is 1.85. The number of hydrogen-bond donors (Lipinski definition) is 1. The molecule has 0 saturated carbocycles. The number of anilines is 1. The van der Waals surface area contributed by atoms with Gasteiger partial charge in [-0.25, -0.2) is 4.79 Å². The molecule has 1 aromatic rings. The molecule has 1 heterocycles. The number of aromatic nitrogens is 2. The summed E-state index contributed by atoms with van der Waals surface area (Å²) in [7, 11) is 0. The van der Waals surface area contributed by atoms with Gasteiger partial charge in [-0.2, -0.15) is 5.10 Å². The number of carboxylic acid groups (broad SMARTS) is 1. The van der Waals surface area contributed by atoms with E-state index < -0.39 is 5.97 Å². The van der Waals surface area contributed by atoms with Crippen LogP contribution in [0.15, 0.2) is 12.3 Å². The third kappa shape index (κ3) is 3.98. The van der Waals surface area contributed by atoms with Gasteiger partial charge in [-0.15, -0.1) is 5.10 Å². The Kier molecular flexibility index (Phi) is 5.07. The van der Waals surface area contributed by atoms with Crippen LogP contribution >= 0.6 is 0 Å². The van der Waals surface area contributed by atoms with E-state index in [9.17, 15) is 9.90 Å². The molecule has 1 aromatic heterocycles. The normalized spacial score (nSPS) is 11.0. The highest BCUT2D eigenvalue weighted by Gasteiger charge is 2.19. The molecule has 18 heavy (non-hydrogen) atoms. The van der Waals surface area contributed by atoms with Crippen molar-refractivity contribution in [3.63, 3.8) is 0 Å². The Balaban J connectivity index is 3.07. The van der Waals surface area contributed by atoms with Crippen LogP contribution in [0.4, 0.5) is 5.82 Å². The molecule has 5 nitrogen and oxygen atoms in total. The fraction of sp³-hybridized carbons (Fsp3) is 0.615. The van der Waals surface area contributed by atoms with Gasteiger partial charge in [0.05, 0.1) is 6.20 Å². The summed E-state index contributed by atoms with van der Waals surface area (Å²) in [5.74, 6) is 0.379. The number of rotatable bonds is 6. The summed E-state index contributed by atoms with van der Waals surface area (Å²) in [6.45, 7) is 9.96. The predicted octanol–water partition coefficient (Wildman–Crippen LogP) is 2.29. The Bertz CT molecular complexity index is 395. The van der Waals surface area contributed by atoms with Crippen LogP contribution in [0.1, 0.15) is 38.1 Å². The maximum absolute atomic E-state index is 11.2. The summed E-state index contributed by atoms with van der Waals surface area (Å²) in [6.07, 6.45) is 1.41. The van der Waals surface area contributed by atoms with Crippen LogP contribution in [-0.4, -0.2) is 34.4 Å². The Labute approximate surface area is 108 Å². The van der Waals surface area contributed by atoms with E-state index in [4.69, 9.17) is 0 Å². The molecule has 0 spiro atoms. The SMILES string of the molecule is CC(C)CN(CC(C)C)c1nnccc1C(=O)O. The van der Waals surface area contributed by atoms with E-state index in [0.717, 1.165) is 13.1 Å². The number of carbonyl (C=O) groups is 1. The van der Waals surface area contributed by atoms with Crippen molar-refractivity contribution >= 4 is 11.8 Å². The number of nitrogens with zero attached hydrogens (tertiary/aromatic N) is 3. The zero-order chi connectivity index (χ0) is 13.7. The molecule has 5 heteroatoms. The molecule has 0 atom stereocenters. The Morgan fingerprint density at radius 3 is 2.28 bits per heavy atom. The molecule has 0 aromatic carbocycles. The second kappa shape index (κ2) is 6.33. The quantitative estimate of drug-likeness (QED) is 0.840. The van der Waals surface area contributed by atoms with Crippen molar-refractivity contribution in [1.29, 1.82) is 0 Å². The minimum atomic E-state index is -0.961. The van der Waals surface area contributed by atoms with Crippen molar-refractivity contribution < 1.29 is 9.90 Å². The van der Waals surface area contributed by atoms with Crippen molar-refractivity contribution in [3.8, 4) is 0 Å². The highest BCUT2D eigenvalue weighted by Crippen LogP contribution is 2.19. The lowest BCUT2D eigenvalue weighted by molar-refractivity contribution is 0.0696. The van der Waals surface area contributed by atoms with Crippen molar-refractivity contribution in [2.45, 2.75) is 27.7 Å². The third-order valence-corrected chi connectivity index (χ3v) is 2.40. The summed E-state index contributed by atoms with van der Waals surface area (Å²) in [6, 6.07) is 1.50. The summed E-state index contributed by atoms with van der Waals surface area (Å²) >= 11 is 0. The maximum atomic E-state index is 11.2. The van der Waals surface area contributed by atoms with Crippen molar-refractivity contribution in [3.05, 3.63) is 17.8 Å². The molecule has 100 valence electrons. The second-order valence-corrected chi connectivity index (χ2v) is 5.27. The molecule has 0 aliphatic heterocycles. The first-order valence-corrected chi connectivity index (χ1v) is 6.21. The van der Waals surface area contributed by atoms with E-state index in [-0.39, 0.29) is 5.56 Å². The van der Waals surface area contributed by atoms with Gasteiger partial charge in [0, 0.05) is 13.1 Å². The van der Waals surface area contributed by atoms with E-state index in [1.807, 2.05) is 4.90 Å². The monoisotopic (exact) mass is 251 g/mol. The van der Waals surface area contributed by atoms with Gasteiger partial charge < -0.3 is 10.0 Å². The first-order valence-electron chi connectivity index (χ1n) is 6.21. The number of carboxylic acids is 1. The lowest BCUT2D eigenvalue weighted by atomic mass is 10.1. The third-order valence-electron chi connectivity index (χ3n) is 2.40. The minimum Gasteiger partial charge on any atom is -0.478 e. The average molecular weight is 251 g/mol. The van der Waals surface area contributed by atoms with Gasteiger partial charge in [-0.1, -0.05) is 27.7 Å². The van der Waals surface area contributed by atoms with Crippen LogP contribution in [0.5, 0.6) is 0 Å². The van der Waals surface area contributed by atoms with Gasteiger partial charge in [0.25, 0.3) is 0 Å². The van der Waals surface area contributed by atoms with Crippen LogP contribution in [0.2, 0.25) is 0 Å². The Morgan fingerprint density at radius 1 is 1.28 bits per heavy atom. The van der Waals surface area contributed by atoms with E-state index in [2.05, 4.69) is 37.9 Å². The standard InChI is InChI=1S/C13H21N3O2/c1-9(2)7-16(8-10(3)4)12-11(13(17)18)5-6-14-15-12/h5-6,9-10H,7-8H2,1-4H3,(H,17,18). The van der Waals surface area contributed by atoms with Gasteiger partial charge in [-0.05, 0) is 17.9 Å². The smallest absolute Gasteiger partial charge is 0.339 e. The highest BCUT2D eigenvalue weighted by atomic mass is 16.4. The molecule has 0 amide bonds. The topological polar surface area (TPSA) is 66.3 Å². The Hall–Kier alpha value is -1.65. The first-order chi connectivity index (χ1) is 8.41. The molecule has 0 radical (unpaired) electrons. The van der Waals surface area contributed by atoms with Crippen molar-refractivity contribution in [1.82, 2.24) is 10.2 Å². The van der Waals surface area contributed by atoms with Crippen LogP contribution < -0.4 is 4.90 Å². The van der Waals surface area contributed by atoms with Gasteiger partial charge in [-0.3, -0.25) is 0 Å². The molecule has 1 N–H and O–H groups in total. The molecule has 0 bridgehead atoms. The molecule has 1 rings (SSSR count). The Morgan fingerprint density at radius 2 is 1.83 bits per heavy atom. The van der Waals surface area contributed by atoms with Gasteiger partial charge in [0.1, 0.15) is 5.56 Å². The van der Waals surface area contributed by atoms with Crippen molar-refractivity contribution in [2.75, 3.05) is 18.0 Å². The van der Waals surface area contributed by atoms with Crippen LogP contribution in [0, 0.1) is 11.8 Å². The summed E-state index contributed by atoms with van der Waals surface area (Å²) in [4.78, 5) is 13.2. The zero-order valence-corrected chi connectivity index (χ0v) is 11.4. The van der Waals surface area contributed by atoms with Gasteiger partial charge in [0.15, 0.2) is 5.82 Å². The minimum absolute atomic E-state index is 0.214. The van der Waals surface area contributed by atoms with Crippen molar-refractivity contribution in [2.24, 2.45) is 11.8 Å². The molecule has 0 aliphatic rings. The highest BCUT2D eigenvalue weighted by molar-refractivity contribution is 5.93. The summed E-state index contributed by atoms with van der Waals surface area (Å²) in [5, 5.41) is 17.0. The second-order valence-electron chi connectivity index (χ2n) is 5.27. The van der Waals surface area contributed by atoms with E-state index in [1.54, 1.807) is 0 Å². The number of hydrogen-bond acceptors (Lipinski definition) is 4. The van der Waals surface area contributed by atoms with Gasteiger partial charge >= 0.3 is 5.97 Å². The van der Waals surface area contributed by atoms with E-state index in [0.29, 0.717) is 17.7 Å². The fourth-order valence-corrected chi connectivity index (χ4v) is 1.85. The summed E-state index contributed by atoms with van der Waals surface area (Å²) < 4.78 is 0. The average Bonchev–Trinajstić information content (AvgIpc) is 2.26. The maximum Gasteiger partial charge on any atom is 0.339 e.